The van der Waals surface area contributed by atoms with Crippen LogP contribution in [0.5, 0.6) is 5.75 Å². The minimum Gasteiger partial charge on any atom is -0.382 e. The fraction of sp³-hybridized carbons (Fsp3) is 0.429. The maximum Gasteiger partial charge on any atom is 0.306 e. The van der Waals surface area contributed by atoms with Gasteiger partial charge in [-0.05, 0) is 43.4 Å². The van der Waals surface area contributed by atoms with Gasteiger partial charge < -0.3 is 25.9 Å². The first-order chi connectivity index (χ1) is 15.7. The van der Waals surface area contributed by atoms with E-state index in [1.54, 1.807) is 6.07 Å². The normalized spacial score (nSPS) is 15.5. The Morgan fingerprint density at radius 3 is 2.58 bits per heavy atom. The summed E-state index contributed by atoms with van der Waals surface area (Å²) in [6.45, 7) is 0.657. The number of hydrogen-bond donors (Lipinski definition) is 4. The quantitative estimate of drug-likeness (QED) is 0.355. The summed E-state index contributed by atoms with van der Waals surface area (Å²) in [4.78, 5) is 32.9. The van der Waals surface area contributed by atoms with Crippen LogP contribution in [0.1, 0.15) is 52.8 Å². The van der Waals surface area contributed by atoms with Gasteiger partial charge in [0.2, 0.25) is 5.95 Å². The van der Waals surface area contributed by atoms with Crippen LogP contribution < -0.4 is 25.9 Å². The molecule has 1 heterocycles. The van der Waals surface area contributed by atoms with E-state index in [1.165, 1.54) is 31.2 Å². The highest BCUT2D eigenvalue weighted by Gasteiger charge is 2.26. The molecule has 2 aromatic rings. The second-order valence-corrected chi connectivity index (χ2v) is 9.93. The summed E-state index contributed by atoms with van der Waals surface area (Å²) < 4.78 is 28.2. The first kappa shape index (κ1) is 22.8. The fourth-order valence-electron chi connectivity index (χ4n) is 3.20. The van der Waals surface area contributed by atoms with Gasteiger partial charge in [-0.3, -0.25) is 9.59 Å². The first-order valence-corrected chi connectivity index (χ1v) is 12.5. The number of amides is 2. The second-order valence-electron chi connectivity index (χ2n) is 8.35. The van der Waals surface area contributed by atoms with Gasteiger partial charge >= 0.3 is 10.1 Å². The molecule has 2 aliphatic carbocycles. The monoisotopic (exact) mass is 474 g/mol. The van der Waals surface area contributed by atoms with Crippen LogP contribution in [0.2, 0.25) is 0 Å². The predicted octanol–water partition coefficient (Wildman–Crippen LogP) is 1.76. The van der Waals surface area contributed by atoms with Crippen molar-refractivity contribution in [3.63, 3.8) is 0 Å². The van der Waals surface area contributed by atoms with Crippen LogP contribution in [-0.4, -0.2) is 49.0 Å². The summed E-state index contributed by atoms with van der Waals surface area (Å²) in [6, 6.07) is 4.47. The third-order valence-corrected chi connectivity index (χ3v) is 5.71. The maximum atomic E-state index is 12.7. The molecule has 0 unspecified atom stereocenters. The Morgan fingerprint density at radius 1 is 1.18 bits per heavy atom. The van der Waals surface area contributed by atoms with E-state index in [-0.39, 0.29) is 28.9 Å². The number of nitrogens with two attached hydrogens (primary N) is 1. The van der Waals surface area contributed by atoms with Crippen LogP contribution in [0, 0.1) is 5.92 Å². The highest BCUT2D eigenvalue weighted by atomic mass is 32.2. The van der Waals surface area contributed by atoms with Gasteiger partial charge in [-0.25, -0.2) is 4.98 Å². The summed E-state index contributed by atoms with van der Waals surface area (Å²) >= 11 is 0. The van der Waals surface area contributed by atoms with Gasteiger partial charge in [0.1, 0.15) is 5.82 Å². The van der Waals surface area contributed by atoms with E-state index in [0.29, 0.717) is 24.0 Å². The van der Waals surface area contributed by atoms with Crippen molar-refractivity contribution in [2.45, 2.75) is 38.1 Å². The molecule has 0 atom stereocenters. The van der Waals surface area contributed by atoms with Gasteiger partial charge in [0.15, 0.2) is 5.75 Å². The standard InChI is InChI=1S/C21H26N6O5S/c1-33(30,31)32-17-7-6-14(10-15(17)20(29)25-13-4-5-13)26-21-24-11-16(18(22)28)19(27-21)23-9-8-12-2-3-12/h6-7,10-13H,2-5,8-9H2,1H3,(H2,22,28)(H,25,29)(H2,23,24,26,27). The van der Waals surface area contributed by atoms with E-state index >= 15 is 0 Å². The average molecular weight is 475 g/mol. The molecule has 0 aliphatic heterocycles. The first-order valence-electron chi connectivity index (χ1n) is 10.7. The van der Waals surface area contributed by atoms with Crippen molar-refractivity contribution in [2.24, 2.45) is 11.7 Å². The van der Waals surface area contributed by atoms with Crippen molar-refractivity contribution in [1.29, 1.82) is 0 Å². The molecule has 0 radical (unpaired) electrons. The summed E-state index contributed by atoms with van der Waals surface area (Å²) in [7, 11) is -3.82. The smallest absolute Gasteiger partial charge is 0.306 e. The van der Waals surface area contributed by atoms with Gasteiger partial charge in [0, 0.05) is 24.5 Å². The predicted molar refractivity (Wildman–Crippen MR) is 122 cm³/mol. The molecular formula is C21H26N6O5S. The number of benzene rings is 1. The molecule has 12 heteroatoms. The summed E-state index contributed by atoms with van der Waals surface area (Å²) in [5, 5.41) is 8.94. The summed E-state index contributed by atoms with van der Waals surface area (Å²) in [5.41, 5.74) is 6.12. The number of nitrogens with zero attached hydrogens (tertiary/aromatic N) is 2. The number of hydrogen-bond acceptors (Lipinski definition) is 9. The molecular weight excluding hydrogens is 448 g/mol. The lowest BCUT2D eigenvalue weighted by atomic mass is 10.1. The van der Waals surface area contributed by atoms with Crippen LogP contribution in [-0.2, 0) is 10.1 Å². The van der Waals surface area contributed by atoms with Gasteiger partial charge in [-0.1, -0.05) is 12.8 Å². The molecule has 1 aromatic heterocycles. The average Bonchev–Trinajstić information content (AvgIpc) is 3.64. The number of carbonyl (C=O) groups is 2. The number of primary amides is 1. The number of nitrogens with one attached hydrogen (secondary N) is 3. The molecule has 2 saturated carbocycles. The number of rotatable bonds is 11. The lowest BCUT2D eigenvalue weighted by molar-refractivity contribution is 0.0948. The minimum absolute atomic E-state index is 0.0638. The lowest BCUT2D eigenvalue weighted by Crippen LogP contribution is -2.26. The van der Waals surface area contributed by atoms with Crippen molar-refractivity contribution in [3.05, 3.63) is 35.5 Å². The molecule has 176 valence electrons. The van der Waals surface area contributed by atoms with E-state index in [1.807, 2.05) is 0 Å². The summed E-state index contributed by atoms with van der Waals surface area (Å²) in [6.07, 6.45) is 7.41. The largest absolute Gasteiger partial charge is 0.382 e. The van der Waals surface area contributed by atoms with Crippen LogP contribution in [0.25, 0.3) is 0 Å². The third-order valence-electron chi connectivity index (χ3n) is 5.23. The van der Waals surface area contributed by atoms with Gasteiger partial charge in [-0.2, -0.15) is 13.4 Å². The zero-order chi connectivity index (χ0) is 23.6. The Morgan fingerprint density at radius 2 is 1.94 bits per heavy atom. The van der Waals surface area contributed by atoms with E-state index in [9.17, 15) is 18.0 Å². The van der Waals surface area contributed by atoms with Crippen LogP contribution in [0.15, 0.2) is 24.4 Å². The van der Waals surface area contributed by atoms with E-state index in [4.69, 9.17) is 9.92 Å². The van der Waals surface area contributed by atoms with E-state index in [2.05, 4.69) is 25.9 Å². The fourth-order valence-corrected chi connectivity index (χ4v) is 3.67. The zero-order valence-corrected chi connectivity index (χ0v) is 18.9. The van der Waals surface area contributed by atoms with Crippen molar-refractivity contribution < 1.29 is 22.2 Å². The van der Waals surface area contributed by atoms with E-state index in [0.717, 1.165) is 25.5 Å². The number of aromatic nitrogens is 2. The molecule has 0 bridgehead atoms. The Balaban J connectivity index is 1.56. The second kappa shape index (κ2) is 9.22. The highest BCUT2D eigenvalue weighted by molar-refractivity contribution is 7.86. The molecule has 5 N–H and O–H groups in total. The molecule has 33 heavy (non-hydrogen) atoms. The van der Waals surface area contributed by atoms with Crippen molar-refractivity contribution in [1.82, 2.24) is 15.3 Å². The van der Waals surface area contributed by atoms with Crippen molar-refractivity contribution >= 4 is 39.4 Å². The molecule has 2 fully saturated rings. The van der Waals surface area contributed by atoms with Crippen LogP contribution in [0.3, 0.4) is 0 Å². The van der Waals surface area contributed by atoms with Crippen molar-refractivity contribution in [2.75, 3.05) is 23.4 Å². The molecule has 2 aliphatic rings. The molecule has 2 amide bonds. The van der Waals surface area contributed by atoms with Crippen molar-refractivity contribution in [3.8, 4) is 5.75 Å². The third kappa shape index (κ3) is 6.54. The molecule has 4 rings (SSSR count). The number of carbonyl (C=O) groups excluding carboxylic acids is 2. The van der Waals surface area contributed by atoms with Crippen LogP contribution in [0.4, 0.5) is 17.5 Å². The van der Waals surface area contributed by atoms with Gasteiger partial charge in [0.05, 0.1) is 17.4 Å². The molecule has 0 saturated heterocycles. The maximum absolute atomic E-state index is 12.7. The Hall–Kier alpha value is -3.41. The van der Waals surface area contributed by atoms with Crippen LogP contribution >= 0.6 is 0 Å². The topological polar surface area (TPSA) is 165 Å². The molecule has 1 aromatic carbocycles. The van der Waals surface area contributed by atoms with Gasteiger partial charge in [-0.15, -0.1) is 0 Å². The Labute approximate surface area is 191 Å². The number of anilines is 3. The Kier molecular flexibility index (Phi) is 6.36. The SMILES string of the molecule is CS(=O)(=O)Oc1ccc(Nc2ncc(C(N)=O)c(NCCC3CC3)n2)cc1C(=O)NC1CC1. The summed E-state index contributed by atoms with van der Waals surface area (Å²) in [5.74, 6) is 0.0584. The molecule has 0 spiro atoms. The van der Waals surface area contributed by atoms with Gasteiger partial charge in [0.25, 0.3) is 11.8 Å². The lowest BCUT2D eigenvalue weighted by Gasteiger charge is -2.14. The highest BCUT2D eigenvalue weighted by Crippen LogP contribution is 2.32. The van der Waals surface area contributed by atoms with E-state index < -0.39 is 21.9 Å². The Bertz CT molecular complexity index is 1180. The zero-order valence-electron chi connectivity index (χ0n) is 18.1. The minimum atomic E-state index is -3.82. The molecule has 11 nitrogen and oxygen atoms in total.